The zero-order valence-corrected chi connectivity index (χ0v) is 21.8. The molecule has 1 aliphatic rings. The van der Waals surface area contributed by atoms with Crippen LogP contribution in [0.2, 0.25) is 0 Å². The van der Waals surface area contributed by atoms with Gasteiger partial charge in [-0.15, -0.1) is 0 Å². The van der Waals surface area contributed by atoms with Gasteiger partial charge in [0.25, 0.3) is 11.7 Å². The molecule has 1 saturated heterocycles. The minimum Gasteiger partial charge on any atom is -0.507 e. The molecule has 37 heavy (non-hydrogen) atoms. The van der Waals surface area contributed by atoms with Gasteiger partial charge in [-0.25, -0.2) is 0 Å². The lowest BCUT2D eigenvalue weighted by molar-refractivity contribution is -0.139. The molecule has 0 radical (unpaired) electrons. The second-order valence-corrected chi connectivity index (χ2v) is 9.17. The van der Waals surface area contributed by atoms with Crippen molar-refractivity contribution in [3.8, 4) is 17.2 Å². The monoisotopic (exact) mass is 504 g/mol. The first-order valence-corrected chi connectivity index (χ1v) is 12.0. The fraction of sp³-hybridized carbons (Fsp3) is 0.310. The van der Waals surface area contributed by atoms with Gasteiger partial charge < -0.3 is 29.1 Å². The Morgan fingerprint density at radius 2 is 1.57 bits per heavy atom. The second-order valence-electron chi connectivity index (χ2n) is 9.17. The maximum Gasteiger partial charge on any atom is 0.295 e. The Labute approximate surface area is 216 Å². The van der Waals surface area contributed by atoms with Crippen LogP contribution in [0.4, 0.5) is 0 Å². The molecule has 3 aromatic rings. The van der Waals surface area contributed by atoms with E-state index in [0.29, 0.717) is 41.3 Å². The van der Waals surface area contributed by atoms with Gasteiger partial charge in [-0.05, 0) is 61.6 Å². The predicted molar refractivity (Wildman–Crippen MR) is 142 cm³/mol. The molecule has 1 aliphatic heterocycles. The highest BCUT2D eigenvalue weighted by atomic mass is 16.5. The second kappa shape index (κ2) is 10.9. The van der Waals surface area contributed by atoms with E-state index in [0.717, 1.165) is 17.3 Å². The average Bonchev–Trinajstić information content (AvgIpc) is 3.16. The Balaban J connectivity index is 1.90. The SMILES string of the molecule is COc1cc(C2/C(=C(\O)c3ccc4ccccc4c3)C(=O)C(=O)N2CCCN(C)C)cc(OC)c1OC. The summed E-state index contributed by atoms with van der Waals surface area (Å²) in [6.07, 6.45) is 0.650. The number of hydrogen-bond donors (Lipinski definition) is 1. The molecule has 194 valence electrons. The van der Waals surface area contributed by atoms with Crippen LogP contribution < -0.4 is 14.2 Å². The zero-order chi connectivity index (χ0) is 26.7. The van der Waals surface area contributed by atoms with Crippen molar-refractivity contribution in [1.82, 2.24) is 9.80 Å². The van der Waals surface area contributed by atoms with E-state index in [4.69, 9.17) is 14.2 Å². The third-order valence-electron chi connectivity index (χ3n) is 6.57. The van der Waals surface area contributed by atoms with E-state index in [9.17, 15) is 14.7 Å². The topological polar surface area (TPSA) is 88.5 Å². The summed E-state index contributed by atoms with van der Waals surface area (Å²) in [7, 11) is 8.41. The van der Waals surface area contributed by atoms with Crippen LogP contribution in [0.15, 0.2) is 60.2 Å². The van der Waals surface area contributed by atoms with Gasteiger partial charge >= 0.3 is 0 Å². The normalized spacial score (nSPS) is 17.0. The summed E-state index contributed by atoms with van der Waals surface area (Å²) in [5, 5.41) is 13.4. The van der Waals surface area contributed by atoms with Crippen LogP contribution in [0, 0.1) is 0 Å². The summed E-state index contributed by atoms with van der Waals surface area (Å²) < 4.78 is 16.5. The number of likely N-dealkylation sites (tertiary alicyclic amines) is 1. The lowest BCUT2D eigenvalue weighted by Gasteiger charge is -2.27. The molecule has 0 saturated carbocycles. The van der Waals surface area contributed by atoms with Crippen LogP contribution >= 0.6 is 0 Å². The van der Waals surface area contributed by atoms with E-state index in [1.54, 1.807) is 18.2 Å². The lowest BCUT2D eigenvalue weighted by atomic mass is 9.94. The minimum atomic E-state index is -0.831. The molecule has 0 bridgehead atoms. The molecule has 0 aliphatic carbocycles. The number of ketones is 1. The summed E-state index contributed by atoms with van der Waals surface area (Å²) in [6, 6.07) is 15.8. The number of benzene rings is 3. The lowest BCUT2D eigenvalue weighted by Crippen LogP contribution is -2.32. The van der Waals surface area contributed by atoms with Gasteiger partial charge in [-0.3, -0.25) is 9.59 Å². The number of nitrogens with zero attached hydrogens (tertiary/aromatic N) is 2. The van der Waals surface area contributed by atoms with Crippen molar-refractivity contribution in [2.45, 2.75) is 12.5 Å². The number of hydrogen-bond acceptors (Lipinski definition) is 7. The summed E-state index contributed by atoms with van der Waals surface area (Å²) in [4.78, 5) is 30.2. The zero-order valence-electron chi connectivity index (χ0n) is 21.8. The van der Waals surface area contributed by atoms with Crippen molar-refractivity contribution >= 4 is 28.2 Å². The molecule has 0 aromatic heterocycles. The number of carbonyl (C=O) groups excluding carboxylic acids is 2. The van der Waals surface area contributed by atoms with Gasteiger partial charge in [0.2, 0.25) is 5.75 Å². The number of aliphatic hydroxyl groups excluding tert-OH is 1. The number of methoxy groups -OCH3 is 3. The largest absolute Gasteiger partial charge is 0.507 e. The number of ether oxygens (including phenoxy) is 3. The van der Waals surface area contributed by atoms with E-state index >= 15 is 0 Å². The first-order valence-electron chi connectivity index (χ1n) is 12.0. The minimum absolute atomic E-state index is 0.0272. The number of fused-ring (bicyclic) bond motifs is 1. The molecule has 3 aromatic carbocycles. The van der Waals surface area contributed by atoms with Crippen molar-refractivity contribution in [1.29, 1.82) is 0 Å². The van der Waals surface area contributed by atoms with Gasteiger partial charge in [-0.1, -0.05) is 36.4 Å². The highest BCUT2D eigenvalue weighted by molar-refractivity contribution is 6.46. The van der Waals surface area contributed by atoms with Crippen LogP contribution in [-0.4, -0.2) is 75.1 Å². The smallest absolute Gasteiger partial charge is 0.295 e. The Morgan fingerprint density at radius 3 is 2.16 bits per heavy atom. The molecule has 1 amide bonds. The molecule has 1 atom stereocenters. The third-order valence-corrected chi connectivity index (χ3v) is 6.57. The fourth-order valence-corrected chi connectivity index (χ4v) is 4.77. The van der Waals surface area contributed by atoms with E-state index in [2.05, 4.69) is 0 Å². The maximum atomic E-state index is 13.4. The van der Waals surface area contributed by atoms with E-state index < -0.39 is 17.7 Å². The van der Waals surface area contributed by atoms with Crippen LogP contribution in [0.5, 0.6) is 17.2 Å². The van der Waals surface area contributed by atoms with Gasteiger partial charge in [-0.2, -0.15) is 0 Å². The summed E-state index contributed by atoms with van der Waals surface area (Å²) in [5.41, 5.74) is 1.06. The summed E-state index contributed by atoms with van der Waals surface area (Å²) >= 11 is 0. The Morgan fingerprint density at radius 1 is 0.919 bits per heavy atom. The Bertz CT molecular complexity index is 1340. The van der Waals surface area contributed by atoms with Gasteiger partial charge in [0, 0.05) is 12.1 Å². The van der Waals surface area contributed by atoms with Crippen molar-refractivity contribution in [2.75, 3.05) is 48.5 Å². The fourth-order valence-electron chi connectivity index (χ4n) is 4.77. The van der Waals surface area contributed by atoms with E-state index in [1.165, 1.54) is 26.2 Å². The van der Waals surface area contributed by atoms with Crippen molar-refractivity contribution in [3.05, 3.63) is 71.3 Å². The summed E-state index contributed by atoms with van der Waals surface area (Å²) in [6.45, 7) is 1.06. The molecule has 8 nitrogen and oxygen atoms in total. The highest BCUT2D eigenvalue weighted by Gasteiger charge is 2.46. The van der Waals surface area contributed by atoms with Gasteiger partial charge in [0.15, 0.2) is 11.5 Å². The Kier molecular flexibility index (Phi) is 7.69. The molecule has 8 heteroatoms. The number of amides is 1. The van der Waals surface area contributed by atoms with Crippen molar-refractivity contribution in [3.63, 3.8) is 0 Å². The molecular weight excluding hydrogens is 472 g/mol. The summed E-state index contributed by atoms with van der Waals surface area (Å²) in [5.74, 6) is -0.428. The van der Waals surface area contributed by atoms with Crippen LogP contribution in [-0.2, 0) is 9.59 Å². The van der Waals surface area contributed by atoms with E-state index in [-0.39, 0.29) is 11.3 Å². The first kappa shape index (κ1) is 26.0. The first-order chi connectivity index (χ1) is 17.8. The number of aliphatic hydroxyl groups is 1. The molecule has 1 heterocycles. The molecule has 0 spiro atoms. The molecule has 1 unspecified atom stereocenters. The van der Waals surface area contributed by atoms with Gasteiger partial charge in [0.05, 0.1) is 32.9 Å². The molecule has 4 rings (SSSR count). The molecule has 1 N–H and O–H groups in total. The maximum absolute atomic E-state index is 13.4. The average molecular weight is 505 g/mol. The van der Waals surface area contributed by atoms with Crippen molar-refractivity contribution in [2.24, 2.45) is 0 Å². The predicted octanol–water partition coefficient (Wildman–Crippen LogP) is 4.24. The quantitative estimate of drug-likeness (QED) is 0.265. The third kappa shape index (κ3) is 4.97. The number of rotatable bonds is 9. The van der Waals surface area contributed by atoms with Gasteiger partial charge in [0.1, 0.15) is 5.76 Å². The van der Waals surface area contributed by atoms with Crippen LogP contribution in [0.3, 0.4) is 0 Å². The van der Waals surface area contributed by atoms with Crippen molar-refractivity contribution < 1.29 is 28.9 Å². The molecule has 1 fully saturated rings. The van der Waals surface area contributed by atoms with Crippen LogP contribution in [0.1, 0.15) is 23.6 Å². The standard InChI is InChI=1S/C29H32N2O6/c1-30(2)13-8-14-31-25(21-16-22(35-3)28(37-5)23(17-21)36-4)24(27(33)29(31)34)26(32)20-12-11-18-9-6-7-10-19(18)15-20/h6-7,9-12,15-17,25,32H,8,13-14H2,1-5H3/b26-24+. The Hall–Kier alpha value is -4.04. The van der Waals surface area contributed by atoms with Crippen LogP contribution in [0.25, 0.3) is 16.5 Å². The van der Waals surface area contributed by atoms with E-state index in [1.807, 2.05) is 55.4 Å². The number of Topliss-reactive ketones (excluding diaryl/α,β-unsaturated/α-hetero) is 1. The number of carbonyl (C=O) groups is 2. The highest BCUT2D eigenvalue weighted by Crippen LogP contribution is 2.45. The molecular formula is C29H32N2O6.